The zero-order chi connectivity index (χ0) is 15.6. The zero-order valence-corrected chi connectivity index (χ0v) is 13.0. The summed E-state index contributed by atoms with van der Waals surface area (Å²) < 4.78 is 7.57. The Morgan fingerprint density at radius 1 is 1.13 bits per heavy atom. The molecule has 1 aliphatic heterocycles. The summed E-state index contributed by atoms with van der Waals surface area (Å²) in [6.45, 7) is 5.38. The van der Waals surface area contributed by atoms with Gasteiger partial charge in [-0.15, -0.1) is 10.2 Å². The molecule has 118 valence electrons. The number of hydrogen-bond donors (Lipinski definition) is 0. The molecule has 1 aromatic carbocycles. The van der Waals surface area contributed by atoms with Gasteiger partial charge in [0, 0.05) is 25.1 Å². The predicted octanol–water partition coefficient (Wildman–Crippen LogP) is 1.91. The number of aromatic nitrogens is 5. The van der Waals surface area contributed by atoms with Gasteiger partial charge in [-0.1, -0.05) is 30.3 Å². The van der Waals surface area contributed by atoms with Crippen LogP contribution < -0.4 is 0 Å². The monoisotopic (exact) mass is 310 g/mol. The SMILES string of the molecule is CCc1nnc2n1CCN(Cc1noc(-c3ccccc3)n1)C2. The van der Waals surface area contributed by atoms with Crippen molar-refractivity contribution in [1.29, 1.82) is 0 Å². The van der Waals surface area contributed by atoms with Crippen LogP contribution in [0, 0.1) is 0 Å². The van der Waals surface area contributed by atoms with E-state index in [1.165, 1.54) is 0 Å². The Balaban J connectivity index is 1.46. The quantitative estimate of drug-likeness (QED) is 0.733. The molecule has 0 amide bonds. The fourth-order valence-corrected chi connectivity index (χ4v) is 2.88. The Bertz CT molecular complexity index is 794. The summed E-state index contributed by atoms with van der Waals surface area (Å²) in [6, 6.07) is 9.82. The van der Waals surface area contributed by atoms with Gasteiger partial charge >= 0.3 is 0 Å². The van der Waals surface area contributed by atoms with Crippen molar-refractivity contribution in [3.63, 3.8) is 0 Å². The third kappa shape index (κ3) is 2.75. The van der Waals surface area contributed by atoms with E-state index in [-0.39, 0.29) is 0 Å². The molecule has 0 bridgehead atoms. The first-order chi connectivity index (χ1) is 11.3. The van der Waals surface area contributed by atoms with Crippen molar-refractivity contribution in [2.24, 2.45) is 0 Å². The van der Waals surface area contributed by atoms with E-state index < -0.39 is 0 Å². The molecule has 7 nitrogen and oxygen atoms in total. The van der Waals surface area contributed by atoms with E-state index in [1.807, 2.05) is 30.3 Å². The minimum absolute atomic E-state index is 0.564. The van der Waals surface area contributed by atoms with Gasteiger partial charge in [0.15, 0.2) is 5.82 Å². The molecule has 1 aliphatic rings. The molecule has 3 aromatic rings. The first-order valence-electron chi connectivity index (χ1n) is 7.85. The van der Waals surface area contributed by atoms with Crippen LogP contribution >= 0.6 is 0 Å². The van der Waals surface area contributed by atoms with E-state index in [0.717, 1.165) is 43.3 Å². The van der Waals surface area contributed by atoms with Crippen LogP contribution in [0.1, 0.15) is 24.4 Å². The summed E-state index contributed by atoms with van der Waals surface area (Å²) in [7, 11) is 0. The Morgan fingerprint density at radius 2 is 2.00 bits per heavy atom. The second-order valence-electron chi connectivity index (χ2n) is 5.63. The summed E-state index contributed by atoms with van der Waals surface area (Å²) in [6.07, 6.45) is 0.915. The highest BCUT2D eigenvalue weighted by Crippen LogP contribution is 2.18. The first kappa shape index (κ1) is 14.1. The topological polar surface area (TPSA) is 72.9 Å². The van der Waals surface area contributed by atoms with Crippen molar-refractivity contribution < 1.29 is 4.52 Å². The van der Waals surface area contributed by atoms with Gasteiger partial charge < -0.3 is 9.09 Å². The number of hydrogen-bond acceptors (Lipinski definition) is 6. The summed E-state index contributed by atoms with van der Waals surface area (Å²) in [5.41, 5.74) is 0.942. The Morgan fingerprint density at radius 3 is 2.83 bits per heavy atom. The average molecular weight is 310 g/mol. The van der Waals surface area contributed by atoms with Gasteiger partial charge in [-0.05, 0) is 12.1 Å². The minimum Gasteiger partial charge on any atom is -0.334 e. The molecule has 0 radical (unpaired) electrons. The largest absolute Gasteiger partial charge is 0.334 e. The molecule has 0 saturated heterocycles. The number of benzene rings is 1. The van der Waals surface area contributed by atoms with Gasteiger partial charge in [-0.25, -0.2) is 0 Å². The lowest BCUT2D eigenvalue weighted by atomic mass is 10.2. The van der Waals surface area contributed by atoms with Crippen LogP contribution in [0.5, 0.6) is 0 Å². The molecule has 3 heterocycles. The summed E-state index contributed by atoms with van der Waals surface area (Å²) in [4.78, 5) is 6.76. The fourth-order valence-electron chi connectivity index (χ4n) is 2.88. The zero-order valence-electron chi connectivity index (χ0n) is 13.0. The van der Waals surface area contributed by atoms with Crippen LogP contribution in [0.25, 0.3) is 11.5 Å². The van der Waals surface area contributed by atoms with Gasteiger partial charge in [0.25, 0.3) is 5.89 Å². The van der Waals surface area contributed by atoms with Gasteiger partial charge in [0.2, 0.25) is 0 Å². The minimum atomic E-state index is 0.564. The molecule has 0 N–H and O–H groups in total. The highest BCUT2D eigenvalue weighted by molar-refractivity contribution is 5.51. The fraction of sp³-hybridized carbons (Fsp3) is 0.375. The van der Waals surface area contributed by atoms with Crippen LogP contribution in [0.2, 0.25) is 0 Å². The molecule has 2 aromatic heterocycles. The van der Waals surface area contributed by atoms with Crippen LogP contribution in [-0.2, 0) is 26.1 Å². The average Bonchev–Trinajstić information content (AvgIpc) is 3.22. The van der Waals surface area contributed by atoms with Crippen molar-refractivity contribution in [2.75, 3.05) is 6.54 Å². The van der Waals surface area contributed by atoms with E-state index >= 15 is 0 Å². The van der Waals surface area contributed by atoms with Crippen LogP contribution in [-0.4, -0.2) is 36.3 Å². The smallest absolute Gasteiger partial charge is 0.257 e. The molecule has 4 rings (SSSR count). The molecule has 0 unspecified atom stereocenters. The highest BCUT2D eigenvalue weighted by Gasteiger charge is 2.22. The van der Waals surface area contributed by atoms with Crippen molar-refractivity contribution in [3.05, 3.63) is 47.8 Å². The number of rotatable bonds is 4. The van der Waals surface area contributed by atoms with E-state index in [0.29, 0.717) is 18.3 Å². The lowest BCUT2D eigenvalue weighted by Gasteiger charge is -2.26. The Hall–Kier alpha value is -2.54. The van der Waals surface area contributed by atoms with Crippen molar-refractivity contribution in [1.82, 2.24) is 29.8 Å². The normalized spacial score (nSPS) is 14.8. The van der Waals surface area contributed by atoms with Gasteiger partial charge in [0.05, 0.1) is 13.1 Å². The van der Waals surface area contributed by atoms with E-state index in [1.54, 1.807) is 0 Å². The van der Waals surface area contributed by atoms with Crippen molar-refractivity contribution in [2.45, 2.75) is 33.0 Å². The van der Waals surface area contributed by atoms with E-state index in [9.17, 15) is 0 Å². The van der Waals surface area contributed by atoms with Gasteiger partial charge in [-0.3, -0.25) is 4.90 Å². The maximum absolute atomic E-state index is 5.36. The van der Waals surface area contributed by atoms with Crippen LogP contribution in [0.4, 0.5) is 0 Å². The molecule has 0 atom stereocenters. The van der Waals surface area contributed by atoms with Crippen molar-refractivity contribution in [3.8, 4) is 11.5 Å². The second kappa shape index (κ2) is 5.92. The molecule has 7 heteroatoms. The molecule has 23 heavy (non-hydrogen) atoms. The third-order valence-corrected chi connectivity index (χ3v) is 4.08. The molecule has 0 spiro atoms. The second-order valence-corrected chi connectivity index (χ2v) is 5.63. The van der Waals surface area contributed by atoms with Crippen LogP contribution in [0.3, 0.4) is 0 Å². The highest BCUT2D eigenvalue weighted by atomic mass is 16.5. The van der Waals surface area contributed by atoms with Crippen LogP contribution in [0.15, 0.2) is 34.9 Å². The molecular formula is C16H18N6O. The Kier molecular flexibility index (Phi) is 3.63. The molecule has 0 saturated carbocycles. The Labute approximate surface area is 134 Å². The lowest BCUT2D eigenvalue weighted by molar-refractivity contribution is 0.200. The predicted molar refractivity (Wildman–Crippen MR) is 83.2 cm³/mol. The maximum atomic E-state index is 5.36. The maximum Gasteiger partial charge on any atom is 0.257 e. The molecule has 0 aliphatic carbocycles. The van der Waals surface area contributed by atoms with Crippen molar-refractivity contribution >= 4 is 0 Å². The summed E-state index contributed by atoms with van der Waals surface area (Å²) in [5, 5.41) is 12.6. The summed E-state index contributed by atoms with van der Waals surface area (Å²) in [5.74, 6) is 3.34. The number of fused-ring (bicyclic) bond motifs is 1. The van der Waals surface area contributed by atoms with E-state index in [2.05, 4.69) is 36.7 Å². The summed E-state index contributed by atoms with van der Waals surface area (Å²) >= 11 is 0. The lowest BCUT2D eigenvalue weighted by Crippen LogP contribution is -2.34. The number of nitrogens with zero attached hydrogens (tertiary/aromatic N) is 6. The molecule has 0 fully saturated rings. The third-order valence-electron chi connectivity index (χ3n) is 4.08. The standard InChI is InChI=1S/C16H18N6O/c1-2-14-18-19-15-11-21(8-9-22(14)15)10-13-17-16(23-20-13)12-6-4-3-5-7-12/h3-7H,2,8-11H2,1H3. The van der Waals surface area contributed by atoms with E-state index in [4.69, 9.17) is 4.52 Å². The number of aryl methyl sites for hydroxylation is 1. The van der Waals surface area contributed by atoms with Gasteiger partial charge in [-0.2, -0.15) is 4.98 Å². The van der Waals surface area contributed by atoms with Gasteiger partial charge in [0.1, 0.15) is 11.6 Å². The molecular weight excluding hydrogens is 292 g/mol. The first-order valence-corrected chi connectivity index (χ1v) is 7.85.